The lowest BCUT2D eigenvalue weighted by atomic mass is 10.1. The third-order valence-electron chi connectivity index (χ3n) is 2.65. The van der Waals surface area contributed by atoms with Gasteiger partial charge in [0.05, 0.1) is 0 Å². The van der Waals surface area contributed by atoms with E-state index in [9.17, 15) is 4.79 Å². The minimum Gasteiger partial charge on any atom is -0.344 e. The number of piperidine rings is 1. The van der Waals surface area contributed by atoms with Crippen LogP contribution in [0.1, 0.15) is 17.8 Å². The minimum absolute atomic E-state index is 0.252. The molecule has 1 aliphatic rings. The first-order chi connectivity index (χ1) is 7.25. The molecule has 4 nitrogen and oxygen atoms in total. The fraction of sp³-hybridized carbons (Fsp3) is 0.600. The zero-order valence-electron chi connectivity index (χ0n) is 8.77. The van der Waals surface area contributed by atoms with Gasteiger partial charge >= 0.3 is 0 Å². The highest BCUT2D eigenvalue weighted by Gasteiger charge is 2.22. The van der Waals surface area contributed by atoms with Crippen molar-refractivity contribution in [2.45, 2.75) is 25.4 Å². The normalized spacial score (nSPS) is 22.1. The van der Waals surface area contributed by atoms with Gasteiger partial charge in [-0.1, -0.05) is 0 Å². The van der Waals surface area contributed by atoms with Crippen molar-refractivity contribution in [2.75, 3.05) is 13.6 Å². The molecule has 82 valence electrons. The molecule has 2 rings (SSSR count). The summed E-state index contributed by atoms with van der Waals surface area (Å²) >= 11 is 1.66. The van der Waals surface area contributed by atoms with E-state index in [1.165, 1.54) is 0 Å². The first-order valence-electron chi connectivity index (χ1n) is 5.11. The summed E-state index contributed by atoms with van der Waals surface area (Å²) in [6.07, 6.45) is 3.42. The number of likely N-dealkylation sites (tertiary alicyclic amines) is 1. The molecule has 1 saturated heterocycles. The Bertz CT molecular complexity index is 325. The van der Waals surface area contributed by atoms with Crippen LogP contribution in [-0.4, -0.2) is 35.4 Å². The maximum atomic E-state index is 11.3. The predicted octanol–water partition coefficient (Wildman–Crippen LogP) is 0.853. The van der Waals surface area contributed by atoms with E-state index >= 15 is 0 Å². The van der Waals surface area contributed by atoms with E-state index in [4.69, 9.17) is 0 Å². The number of hydrogen-bond acceptors (Lipinski definition) is 4. The second kappa shape index (κ2) is 4.72. The maximum Gasteiger partial charge on any atom is 0.222 e. The molecule has 1 N–H and O–H groups in total. The largest absolute Gasteiger partial charge is 0.344 e. The molecule has 1 atom stereocenters. The van der Waals surface area contributed by atoms with Crippen molar-refractivity contribution in [3.8, 4) is 0 Å². The predicted molar refractivity (Wildman–Crippen MR) is 59.6 cm³/mol. The number of carbonyl (C=O) groups is 1. The molecule has 1 unspecified atom stereocenters. The Morgan fingerprint density at radius 2 is 2.60 bits per heavy atom. The molecule has 0 saturated carbocycles. The fourth-order valence-electron chi connectivity index (χ4n) is 1.75. The molecule has 1 aliphatic heterocycles. The van der Waals surface area contributed by atoms with Gasteiger partial charge in [-0.15, -0.1) is 11.3 Å². The van der Waals surface area contributed by atoms with Gasteiger partial charge in [0.2, 0.25) is 5.91 Å². The summed E-state index contributed by atoms with van der Waals surface area (Å²) in [6.45, 7) is 1.62. The lowest BCUT2D eigenvalue weighted by molar-refractivity contribution is -0.132. The highest BCUT2D eigenvalue weighted by molar-refractivity contribution is 7.09. The molecule has 15 heavy (non-hydrogen) atoms. The van der Waals surface area contributed by atoms with Crippen LogP contribution in [0.4, 0.5) is 0 Å². The molecule has 1 aromatic heterocycles. The summed E-state index contributed by atoms with van der Waals surface area (Å²) in [6, 6.07) is 0.414. The number of nitrogens with zero attached hydrogens (tertiary/aromatic N) is 2. The second-order valence-electron chi connectivity index (χ2n) is 3.82. The van der Waals surface area contributed by atoms with E-state index < -0.39 is 0 Å². The number of nitrogens with one attached hydrogen (secondary N) is 1. The van der Waals surface area contributed by atoms with Crippen LogP contribution in [0.25, 0.3) is 0 Å². The molecular weight excluding hydrogens is 210 g/mol. The SMILES string of the molecule is CN1CC(NCc2nccs2)CCC1=O. The molecule has 0 spiro atoms. The molecule has 5 heteroatoms. The van der Waals surface area contributed by atoms with E-state index in [-0.39, 0.29) is 5.91 Å². The van der Waals surface area contributed by atoms with E-state index in [0.29, 0.717) is 12.5 Å². The van der Waals surface area contributed by atoms with Crippen molar-refractivity contribution in [1.82, 2.24) is 15.2 Å². The molecule has 0 aromatic carbocycles. The van der Waals surface area contributed by atoms with Gasteiger partial charge in [0.15, 0.2) is 0 Å². The summed E-state index contributed by atoms with van der Waals surface area (Å²) in [5, 5.41) is 6.51. The fourth-order valence-corrected chi connectivity index (χ4v) is 2.32. The standard InChI is InChI=1S/C10H15N3OS/c1-13-7-8(2-3-10(13)14)12-6-9-11-4-5-15-9/h4-5,8,12H,2-3,6-7H2,1H3. The summed E-state index contributed by atoms with van der Waals surface area (Å²) in [7, 11) is 1.86. The van der Waals surface area contributed by atoms with Crippen LogP contribution in [0.3, 0.4) is 0 Å². The van der Waals surface area contributed by atoms with Crippen LogP contribution in [-0.2, 0) is 11.3 Å². The quantitative estimate of drug-likeness (QED) is 0.829. The number of carbonyl (C=O) groups excluding carboxylic acids is 1. The molecule has 0 aliphatic carbocycles. The number of aromatic nitrogens is 1. The Hall–Kier alpha value is -0.940. The van der Waals surface area contributed by atoms with Crippen LogP contribution in [0, 0.1) is 0 Å². The molecule has 2 heterocycles. The van der Waals surface area contributed by atoms with E-state index in [1.807, 2.05) is 18.6 Å². The van der Waals surface area contributed by atoms with Gasteiger partial charge < -0.3 is 10.2 Å². The minimum atomic E-state index is 0.252. The lowest BCUT2D eigenvalue weighted by Crippen LogP contribution is -2.46. The van der Waals surface area contributed by atoms with Gasteiger partial charge in [0.25, 0.3) is 0 Å². The Morgan fingerprint density at radius 1 is 1.73 bits per heavy atom. The van der Waals surface area contributed by atoms with Crippen molar-refractivity contribution in [2.24, 2.45) is 0 Å². The summed E-state index contributed by atoms with van der Waals surface area (Å²) < 4.78 is 0. The smallest absolute Gasteiger partial charge is 0.222 e. The van der Waals surface area contributed by atoms with Crippen molar-refractivity contribution in [3.05, 3.63) is 16.6 Å². The zero-order valence-corrected chi connectivity index (χ0v) is 9.59. The van der Waals surface area contributed by atoms with Crippen LogP contribution in [0.2, 0.25) is 0 Å². The Balaban J connectivity index is 1.78. The molecule has 0 radical (unpaired) electrons. The van der Waals surface area contributed by atoms with Gasteiger partial charge in [0, 0.05) is 44.2 Å². The van der Waals surface area contributed by atoms with Crippen molar-refractivity contribution in [1.29, 1.82) is 0 Å². The second-order valence-corrected chi connectivity index (χ2v) is 4.80. The Kier molecular flexibility index (Phi) is 3.33. The number of amides is 1. The molecular formula is C10H15N3OS. The number of rotatable bonds is 3. The average molecular weight is 225 g/mol. The summed E-state index contributed by atoms with van der Waals surface area (Å²) in [4.78, 5) is 17.3. The highest BCUT2D eigenvalue weighted by Crippen LogP contribution is 2.11. The topological polar surface area (TPSA) is 45.2 Å². The monoisotopic (exact) mass is 225 g/mol. The lowest BCUT2D eigenvalue weighted by Gasteiger charge is -2.30. The summed E-state index contributed by atoms with van der Waals surface area (Å²) in [5.41, 5.74) is 0. The van der Waals surface area contributed by atoms with Crippen LogP contribution < -0.4 is 5.32 Å². The van der Waals surface area contributed by atoms with Gasteiger partial charge in [-0.2, -0.15) is 0 Å². The van der Waals surface area contributed by atoms with Gasteiger partial charge in [-0.25, -0.2) is 4.98 Å². The molecule has 0 bridgehead atoms. The van der Waals surface area contributed by atoms with Crippen LogP contribution in [0.5, 0.6) is 0 Å². The molecule has 1 amide bonds. The van der Waals surface area contributed by atoms with Gasteiger partial charge in [-0.3, -0.25) is 4.79 Å². The number of thiazole rings is 1. The first kappa shape index (κ1) is 10.6. The third-order valence-corrected chi connectivity index (χ3v) is 3.43. The first-order valence-corrected chi connectivity index (χ1v) is 5.99. The van der Waals surface area contributed by atoms with Crippen molar-refractivity contribution < 1.29 is 4.79 Å². The van der Waals surface area contributed by atoms with Crippen molar-refractivity contribution in [3.63, 3.8) is 0 Å². The molecule has 1 aromatic rings. The zero-order chi connectivity index (χ0) is 10.7. The average Bonchev–Trinajstić information content (AvgIpc) is 2.73. The molecule has 1 fully saturated rings. The van der Waals surface area contributed by atoms with Crippen LogP contribution in [0.15, 0.2) is 11.6 Å². The van der Waals surface area contributed by atoms with Crippen molar-refractivity contribution >= 4 is 17.2 Å². The maximum absolute atomic E-state index is 11.3. The Morgan fingerprint density at radius 3 is 3.27 bits per heavy atom. The van der Waals surface area contributed by atoms with E-state index in [0.717, 1.165) is 24.5 Å². The van der Waals surface area contributed by atoms with Crippen LogP contribution >= 0.6 is 11.3 Å². The Labute approximate surface area is 93.3 Å². The van der Waals surface area contributed by atoms with Gasteiger partial charge in [0.1, 0.15) is 5.01 Å². The number of hydrogen-bond donors (Lipinski definition) is 1. The van der Waals surface area contributed by atoms with E-state index in [1.54, 1.807) is 16.2 Å². The highest BCUT2D eigenvalue weighted by atomic mass is 32.1. The van der Waals surface area contributed by atoms with Gasteiger partial charge in [-0.05, 0) is 6.42 Å². The third kappa shape index (κ3) is 2.76. The number of likely N-dealkylation sites (N-methyl/N-ethyl adjacent to an activating group) is 1. The summed E-state index contributed by atoms with van der Waals surface area (Å²) in [5.74, 6) is 0.252. The van der Waals surface area contributed by atoms with E-state index in [2.05, 4.69) is 10.3 Å².